The molecule has 0 aliphatic rings. The van der Waals surface area contributed by atoms with E-state index in [4.69, 9.17) is 17.3 Å². The smallest absolute Gasteiger partial charge is 0.183 e. The molecule has 0 amide bonds. The minimum atomic E-state index is 0.456. The number of rotatable bonds is 3. The molecule has 0 radical (unpaired) electrons. The Morgan fingerprint density at radius 1 is 1.41 bits per heavy atom. The van der Waals surface area contributed by atoms with Crippen LogP contribution in [0.1, 0.15) is 13.8 Å². The number of hydrogen-bond donors (Lipinski definition) is 1. The average Bonchev–Trinajstić information content (AvgIpc) is 2.69. The van der Waals surface area contributed by atoms with Gasteiger partial charge in [-0.3, -0.25) is 0 Å². The number of nitrogens with zero attached hydrogens (tertiary/aromatic N) is 4. The van der Waals surface area contributed by atoms with Crippen LogP contribution >= 0.6 is 11.6 Å². The zero-order valence-corrected chi connectivity index (χ0v) is 10.5. The molecule has 0 saturated carbocycles. The van der Waals surface area contributed by atoms with Gasteiger partial charge in [-0.15, -0.1) is 5.10 Å². The van der Waals surface area contributed by atoms with Gasteiger partial charge in [0, 0.05) is 12.1 Å². The van der Waals surface area contributed by atoms with Crippen molar-refractivity contribution in [2.24, 2.45) is 5.92 Å². The maximum atomic E-state index is 6.16. The number of nitrogens with two attached hydrogens (primary N) is 1. The molecule has 1 aromatic heterocycles. The third kappa shape index (κ3) is 2.39. The van der Waals surface area contributed by atoms with Gasteiger partial charge in [0.2, 0.25) is 0 Å². The summed E-state index contributed by atoms with van der Waals surface area (Å²) in [6.07, 6.45) is 0. The zero-order chi connectivity index (χ0) is 12.4. The molecule has 2 aromatic rings. The normalized spacial score (nSPS) is 11.1. The molecular formula is C11H14ClN5. The van der Waals surface area contributed by atoms with Gasteiger partial charge in [-0.05, 0) is 28.5 Å². The highest BCUT2D eigenvalue weighted by Crippen LogP contribution is 2.30. The van der Waals surface area contributed by atoms with E-state index in [1.54, 1.807) is 10.7 Å². The quantitative estimate of drug-likeness (QED) is 0.850. The Hall–Kier alpha value is -1.62. The topological polar surface area (TPSA) is 69.6 Å². The number of benzene rings is 1. The van der Waals surface area contributed by atoms with Crippen LogP contribution in [-0.4, -0.2) is 20.2 Å². The van der Waals surface area contributed by atoms with Gasteiger partial charge < -0.3 is 5.73 Å². The van der Waals surface area contributed by atoms with E-state index >= 15 is 0 Å². The summed E-state index contributed by atoms with van der Waals surface area (Å²) in [5, 5.41) is 12.1. The first kappa shape index (κ1) is 11.9. The average molecular weight is 252 g/mol. The predicted molar refractivity (Wildman–Crippen MR) is 67.5 cm³/mol. The molecule has 1 aromatic carbocycles. The van der Waals surface area contributed by atoms with Crippen molar-refractivity contribution in [1.82, 2.24) is 20.2 Å². The lowest BCUT2D eigenvalue weighted by Crippen LogP contribution is -2.08. The number of hydrogen-bond acceptors (Lipinski definition) is 4. The van der Waals surface area contributed by atoms with Crippen LogP contribution in [0.3, 0.4) is 0 Å². The molecule has 0 atom stereocenters. The monoisotopic (exact) mass is 251 g/mol. The predicted octanol–water partition coefficient (Wildman–Crippen LogP) is 2.23. The molecule has 0 aliphatic carbocycles. The first-order valence-corrected chi connectivity index (χ1v) is 5.78. The van der Waals surface area contributed by atoms with Crippen LogP contribution in [-0.2, 0) is 6.54 Å². The highest BCUT2D eigenvalue weighted by Gasteiger charge is 2.14. The summed E-state index contributed by atoms with van der Waals surface area (Å²) in [4.78, 5) is 0. The van der Waals surface area contributed by atoms with E-state index in [0.29, 0.717) is 22.5 Å². The number of nitrogen functional groups attached to an aromatic ring is 1. The third-order valence-electron chi connectivity index (χ3n) is 2.34. The molecule has 0 bridgehead atoms. The van der Waals surface area contributed by atoms with Crippen molar-refractivity contribution in [3.05, 3.63) is 23.2 Å². The van der Waals surface area contributed by atoms with Crippen molar-refractivity contribution in [3.8, 4) is 11.4 Å². The second kappa shape index (κ2) is 4.71. The van der Waals surface area contributed by atoms with Gasteiger partial charge in [0.15, 0.2) is 5.82 Å². The number of anilines is 1. The Balaban J connectivity index is 2.46. The molecule has 17 heavy (non-hydrogen) atoms. The Bertz CT molecular complexity index is 520. The fraction of sp³-hybridized carbons (Fsp3) is 0.364. The number of halogens is 1. The Morgan fingerprint density at radius 2 is 2.18 bits per heavy atom. The summed E-state index contributed by atoms with van der Waals surface area (Å²) in [6, 6.07) is 5.45. The van der Waals surface area contributed by atoms with Crippen molar-refractivity contribution >= 4 is 17.3 Å². The molecule has 2 rings (SSSR count). The molecule has 1 heterocycles. The van der Waals surface area contributed by atoms with Crippen LogP contribution in [0.25, 0.3) is 11.4 Å². The molecule has 90 valence electrons. The number of tetrazole rings is 1. The fourth-order valence-corrected chi connectivity index (χ4v) is 1.80. The first-order chi connectivity index (χ1) is 8.09. The maximum Gasteiger partial charge on any atom is 0.183 e. The summed E-state index contributed by atoms with van der Waals surface area (Å²) in [5.74, 6) is 1.10. The molecule has 5 nitrogen and oxygen atoms in total. The molecule has 0 fully saturated rings. The van der Waals surface area contributed by atoms with Crippen molar-refractivity contribution in [1.29, 1.82) is 0 Å². The van der Waals surface area contributed by atoms with E-state index in [1.807, 2.05) is 12.1 Å². The highest BCUT2D eigenvalue weighted by molar-refractivity contribution is 6.35. The van der Waals surface area contributed by atoms with Gasteiger partial charge in [-0.2, -0.15) is 0 Å². The molecule has 0 unspecified atom stereocenters. The summed E-state index contributed by atoms with van der Waals surface area (Å²) < 4.78 is 1.74. The molecule has 0 spiro atoms. The minimum Gasteiger partial charge on any atom is -0.398 e. The van der Waals surface area contributed by atoms with Gasteiger partial charge >= 0.3 is 0 Å². The van der Waals surface area contributed by atoms with E-state index < -0.39 is 0 Å². The van der Waals surface area contributed by atoms with E-state index in [1.165, 1.54) is 0 Å². The van der Waals surface area contributed by atoms with Gasteiger partial charge in [-0.25, -0.2) is 4.68 Å². The second-order valence-corrected chi connectivity index (χ2v) is 4.67. The van der Waals surface area contributed by atoms with E-state index in [2.05, 4.69) is 29.4 Å². The largest absolute Gasteiger partial charge is 0.398 e. The van der Waals surface area contributed by atoms with Crippen molar-refractivity contribution in [2.75, 3.05) is 5.73 Å². The lowest BCUT2D eigenvalue weighted by molar-refractivity contribution is 0.475. The van der Waals surface area contributed by atoms with Crippen LogP contribution in [0.5, 0.6) is 0 Å². The van der Waals surface area contributed by atoms with Crippen molar-refractivity contribution < 1.29 is 0 Å². The second-order valence-electron chi connectivity index (χ2n) is 4.29. The van der Waals surface area contributed by atoms with Gasteiger partial charge in [0.25, 0.3) is 0 Å². The Labute approximate surface area is 105 Å². The van der Waals surface area contributed by atoms with E-state index in [0.717, 1.165) is 12.1 Å². The molecule has 0 saturated heterocycles. The highest BCUT2D eigenvalue weighted by atomic mass is 35.5. The minimum absolute atomic E-state index is 0.456. The molecular weight excluding hydrogens is 238 g/mol. The van der Waals surface area contributed by atoms with Gasteiger partial charge in [0.1, 0.15) is 0 Å². The van der Waals surface area contributed by atoms with E-state index in [9.17, 15) is 0 Å². The Morgan fingerprint density at radius 3 is 2.88 bits per heavy atom. The Kier molecular flexibility index (Phi) is 3.28. The zero-order valence-electron chi connectivity index (χ0n) is 9.76. The SMILES string of the molecule is CC(C)Cn1nnnc1-c1cccc(N)c1Cl. The summed E-state index contributed by atoms with van der Waals surface area (Å²) >= 11 is 6.16. The van der Waals surface area contributed by atoms with Crippen LogP contribution in [0, 0.1) is 5.92 Å². The third-order valence-corrected chi connectivity index (χ3v) is 2.76. The van der Waals surface area contributed by atoms with Gasteiger partial charge in [-0.1, -0.05) is 31.5 Å². The van der Waals surface area contributed by atoms with Crippen LogP contribution in [0.15, 0.2) is 18.2 Å². The lowest BCUT2D eigenvalue weighted by atomic mass is 10.1. The van der Waals surface area contributed by atoms with Crippen LogP contribution in [0.2, 0.25) is 5.02 Å². The summed E-state index contributed by atoms with van der Waals surface area (Å²) in [5.41, 5.74) is 7.06. The first-order valence-electron chi connectivity index (χ1n) is 5.40. The molecule has 2 N–H and O–H groups in total. The van der Waals surface area contributed by atoms with Crippen LogP contribution < -0.4 is 5.73 Å². The maximum absolute atomic E-state index is 6.16. The van der Waals surface area contributed by atoms with Crippen molar-refractivity contribution in [2.45, 2.75) is 20.4 Å². The number of aromatic nitrogens is 4. The van der Waals surface area contributed by atoms with E-state index in [-0.39, 0.29) is 0 Å². The lowest BCUT2D eigenvalue weighted by Gasteiger charge is -2.09. The van der Waals surface area contributed by atoms with Crippen LogP contribution in [0.4, 0.5) is 5.69 Å². The summed E-state index contributed by atoms with van der Waals surface area (Å²) in [6.45, 7) is 4.95. The van der Waals surface area contributed by atoms with Crippen molar-refractivity contribution in [3.63, 3.8) is 0 Å². The summed E-state index contributed by atoms with van der Waals surface area (Å²) in [7, 11) is 0. The molecule has 6 heteroatoms. The standard InChI is InChI=1S/C11H14ClN5/c1-7(2)6-17-11(14-15-16-17)8-4-3-5-9(13)10(8)12/h3-5,7H,6,13H2,1-2H3. The van der Waals surface area contributed by atoms with Gasteiger partial charge in [0.05, 0.1) is 10.7 Å². The molecule has 0 aliphatic heterocycles. The fourth-order valence-electron chi connectivity index (χ4n) is 1.59.